The number of carbonyl (C=O) groups excluding carboxylic acids is 5. The van der Waals surface area contributed by atoms with E-state index in [1.807, 2.05) is 0 Å². The average Bonchev–Trinajstić information content (AvgIpc) is 3.20. The van der Waals surface area contributed by atoms with E-state index >= 15 is 0 Å². The zero-order valence-electron chi connectivity index (χ0n) is 22.8. The van der Waals surface area contributed by atoms with Crippen molar-refractivity contribution in [3.05, 3.63) is 71.8 Å². The first kappa shape index (κ1) is 29.3. The normalized spacial score (nSPS) is 16.2. The molecule has 3 amide bonds. The molecule has 2 atom stereocenters. The van der Waals surface area contributed by atoms with Crippen LogP contribution in [0.4, 0.5) is 4.79 Å². The summed E-state index contributed by atoms with van der Waals surface area (Å²) in [6.07, 6.45) is 0. The van der Waals surface area contributed by atoms with E-state index in [1.54, 1.807) is 81.4 Å². The maximum absolute atomic E-state index is 13.6. The molecule has 208 valence electrons. The molecule has 1 aliphatic rings. The van der Waals surface area contributed by atoms with Gasteiger partial charge in [-0.15, -0.1) is 0 Å². The number of nitrogens with zero attached hydrogens (tertiary/aromatic N) is 2. The highest BCUT2D eigenvalue weighted by Gasteiger charge is 2.50. The van der Waals surface area contributed by atoms with Gasteiger partial charge in [0.25, 0.3) is 0 Å². The lowest BCUT2D eigenvalue weighted by atomic mass is 9.92. The standard InChI is InChI=1S/C29H34N2O8/c1-19(24(32)31-22(16-30(5)28(31)36)25(33)39-29(2,3)4)23(26(34)37-17-20-12-8-6-9-13-20)27(35)38-18-21-14-10-7-11-15-21/h6-15,19,22-23H,16-18H2,1-5H3/t19-,22+/m1/s1. The number of urea groups is 1. The molecule has 0 unspecified atom stereocenters. The van der Waals surface area contributed by atoms with Gasteiger partial charge < -0.3 is 19.1 Å². The van der Waals surface area contributed by atoms with Crippen molar-refractivity contribution in [3.63, 3.8) is 0 Å². The summed E-state index contributed by atoms with van der Waals surface area (Å²) < 4.78 is 16.2. The molecule has 0 N–H and O–H groups in total. The Balaban J connectivity index is 1.84. The first-order chi connectivity index (χ1) is 18.4. The predicted molar refractivity (Wildman–Crippen MR) is 140 cm³/mol. The quantitative estimate of drug-likeness (QED) is 0.271. The SMILES string of the molecule is C[C@@H](C(=O)N1C(=O)N(C)C[C@H]1C(=O)OC(C)(C)C)C(C(=O)OCc1ccccc1)C(=O)OCc1ccccc1. The summed E-state index contributed by atoms with van der Waals surface area (Å²) in [7, 11) is 1.44. The number of hydrogen-bond donors (Lipinski definition) is 0. The van der Waals surface area contributed by atoms with Crippen molar-refractivity contribution in [2.45, 2.75) is 52.6 Å². The molecule has 1 fully saturated rings. The number of amides is 3. The summed E-state index contributed by atoms with van der Waals surface area (Å²) in [5.74, 6) is -6.67. The van der Waals surface area contributed by atoms with Gasteiger partial charge in [-0.2, -0.15) is 0 Å². The van der Waals surface area contributed by atoms with E-state index in [1.165, 1.54) is 18.9 Å². The van der Waals surface area contributed by atoms with Crippen LogP contribution < -0.4 is 0 Å². The Morgan fingerprint density at radius 3 is 1.77 bits per heavy atom. The summed E-state index contributed by atoms with van der Waals surface area (Å²) in [6.45, 7) is 5.99. The Bertz CT molecular complexity index is 1140. The molecule has 0 bridgehead atoms. The molecular formula is C29H34N2O8. The van der Waals surface area contributed by atoms with Crippen molar-refractivity contribution in [2.24, 2.45) is 11.8 Å². The van der Waals surface area contributed by atoms with Crippen LogP contribution in [0.3, 0.4) is 0 Å². The molecule has 10 heteroatoms. The maximum atomic E-state index is 13.6. The van der Waals surface area contributed by atoms with Gasteiger partial charge in [-0.1, -0.05) is 67.6 Å². The Labute approximate surface area is 227 Å². The van der Waals surface area contributed by atoms with Crippen molar-refractivity contribution < 1.29 is 38.2 Å². The van der Waals surface area contributed by atoms with Gasteiger partial charge in [0.15, 0.2) is 12.0 Å². The molecular weight excluding hydrogens is 504 g/mol. The van der Waals surface area contributed by atoms with E-state index in [0.29, 0.717) is 11.1 Å². The molecule has 0 aliphatic carbocycles. The fourth-order valence-electron chi connectivity index (χ4n) is 4.04. The Kier molecular flexibility index (Phi) is 9.45. The molecule has 0 saturated carbocycles. The van der Waals surface area contributed by atoms with Crippen LogP contribution in [-0.2, 0) is 46.6 Å². The molecule has 1 aliphatic heterocycles. The highest BCUT2D eigenvalue weighted by Crippen LogP contribution is 2.26. The van der Waals surface area contributed by atoms with Crippen molar-refractivity contribution >= 4 is 29.8 Å². The fraction of sp³-hybridized carbons (Fsp3) is 0.414. The summed E-state index contributed by atoms with van der Waals surface area (Å²) >= 11 is 0. The third kappa shape index (κ3) is 7.66. The monoisotopic (exact) mass is 538 g/mol. The van der Waals surface area contributed by atoms with E-state index in [4.69, 9.17) is 14.2 Å². The van der Waals surface area contributed by atoms with E-state index in [9.17, 15) is 24.0 Å². The summed E-state index contributed by atoms with van der Waals surface area (Å²) in [5, 5.41) is 0. The highest BCUT2D eigenvalue weighted by atomic mass is 16.6. The van der Waals surface area contributed by atoms with Crippen molar-refractivity contribution in [1.82, 2.24) is 9.80 Å². The van der Waals surface area contributed by atoms with E-state index < -0.39 is 53.3 Å². The molecule has 2 aromatic rings. The summed E-state index contributed by atoms with van der Waals surface area (Å²) in [4.78, 5) is 67.8. The number of hydrogen-bond acceptors (Lipinski definition) is 8. The smallest absolute Gasteiger partial charge is 0.331 e. The molecule has 10 nitrogen and oxygen atoms in total. The van der Waals surface area contributed by atoms with Gasteiger partial charge in [-0.25, -0.2) is 14.5 Å². The minimum absolute atomic E-state index is 0.0895. The molecule has 0 aromatic heterocycles. The van der Waals surface area contributed by atoms with Crippen LogP contribution in [0.25, 0.3) is 0 Å². The van der Waals surface area contributed by atoms with Gasteiger partial charge in [0.2, 0.25) is 5.91 Å². The van der Waals surface area contributed by atoms with E-state index in [0.717, 1.165) is 4.90 Å². The predicted octanol–water partition coefficient (Wildman–Crippen LogP) is 3.33. The molecule has 1 heterocycles. The second-order valence-electron chi connectivity index (χ2n) is 10.4. The molecule has 2 aromatic carbocycles. The average molecular weight is 539 g/mol. The first-order valence-corrected chi connectivity index (χ1v) is 12.6. The van der Waals surface area contributed by atoms with Gasteiger partial charge in [0.05, 0.1) is 12.5 Å². The van der Waals surface area contributed by atoms with Crippen LogP contribution in [0.1, 0.15) is 38.8 Å². The largest absolute Gasteiger partial charge is 0.460 e. The van der Waals surface area contributed by atoms with E-state index in [-0.39, 0.29) is 19.8 Å². The van der Waals surface area contributed by atoms with Crippen LogP contribution in [-0.4, -0.2) is 64.9 Å². The third-order valence-electron chi connectivity index (χ3n) is 6.05. The Morgan fingerprint density at radius 2 is 1.33 bits per heavy atom. The number of carbonyl (C=O) groups is 5. The molecule has 0 radical (unpaired) electrons. The van der Waals surface area contributed by atoms with Gasteiger partial charge in [0, 0.05) is 7.05 Å². The van der Waals surface area contributed by atoms with Crippen molar-refractivity contribution in [2.75, 3.05) is 13.6 Å². The summed E-state index contributed by atoms with van der Waals surface area (Å²) in [5.41, 5.74) is 0.511. The molecule has 39 heavy (non-hydrogen) atoms. The summed E-state index contributed by atoms with van der Waals surface area (Å²) in [6, 6.07) is 15.7. The van der Waals surface area contributed by atoms with E-state index in [2.05, 4.69) is 0 Å². The topological polar surface area (TPSA) is 120 Å². The van der Waals surface area contributed by atoms with Gasteiger partial charge in [-0.3, -0.25) is 14.4 Å². The lowest BCUT2D eigenvalue weighted by Gasteiger charge is -2.28. The van der Waals surface area contributed by atoms with Gasteiger partial charge in [0.1, 0.15) is 18.8 Å². The van der Waals surface area contributed by atoms with Gasteiger partial charge in [-0.05, 0) is 31.9 Å². The lowest BCUT2D eigenvalue weighted by molar-refractivity contribution is -0.170. The minimum Gasteiger partial charge on any atom is -0.460 e. The second kappa shape index (κ2) is 12.6. The number of esters is 3. The fourth-order valence-corrected chi connectivity index (χ4v) is 4.04. The molecule has 1 saturated heterocycles. The number of ether oxygens (including phenoxy) is 3. The zero-order chi connectivity index (χ0) is 28.7. The van der Waals surface area contributed by atoms with Crippen molar-refractivity contribution in [3.8, 4) is 0 Å². The van der Waals surface area contributed by atoms with Crippen LogP contribution in [0.5, 0.6) is 0 Å². The number of rotatable bonds is 9. The van der Waals surface area contributed by atoms with Crippen molar-refractivity contribution in [1.29, 1.82) is 0 Å². The second-order valence-corrected chi connectivity index (χ2v) is 10.4. The van der Waals surface area contributed by atoms with Crippen LogP contribution in [0.2, 0.25) is 0 Å². The third-order valence-corrected chi connectivity index (χ3v) is 6.05. The minimum atomic E-state index is -1.68. The number of benzene rings is 2. The van der Waals surface area contributed by atoms with Crippen LogP contribution in [0, 0.1) is 11.8 Å². The number of likely N-dealkylation sites (N-methyl/N-ethyl adjacent to an activating group) is 1. The molecule has 3 rings (SSSR count). The van der Waals surface area contributed by atoms with Crippen LogP contribution in [0.15, 0.2) is 60.7 Å². The zero-order valence-corrected chi connectivity index (χ0v) is 22.8. The highest BCUT2D eigenvalue weighted by molar-refractivity contribution is 6.06. The molecule has 0 spiro atoms. The number of imide groups is 1. The Morgan fingerprint density at radius 1 is 0.872 bits per heavy atom. The lowest BCUT2D eigenvalue weighted by Crippen LogP contribution is -2.51. The van der Waals surface area contributed by atoms with Crippen LogP contribution >= 0.6 is 0 Å². The van der Waals surface area contributed by atoms with Gasteiger partial charge >= 0.3 is 23.9 Å². The maximum Gasteiger partial charge on any atom is 0.331 e. The first-order valence-electron chi connectivity index (χ1n) is 12.6. The Hall–Kier alpha value is -4.21.